The van der Waals surface area contributed by atoms with Crippen LogP contribution in [0.2, 0.25) is 0 Å². The topological polar surface area (TPSA) is 103 Å². The number of rotatable bonds is 9. The number of carbonyl (C=O) groups is 2. The number of ether oxygens (including phenoxy) is 3. The number of amides is 1. The van der Waals surface area contributed by atoms with Crippen LogP contribution in [-0.4, -0.2) is 43.9 Å². The molecule has 1 aromatic carbocycles. The highest BCUT2D eigenvalue weighted by molar-refractivity contribution is 6.00. The SMILES string of the molecule is COCCn1c(C)cc(/C=C(\C#N)C(=O)OCC(=O)Nc2ccccc2OC)c1C. The minimum Gasteiger partial charge on any atom is -0.495 e. The number of aryl methyl sites for hydroxylation is 1. The second-order valence-electron chi connectivity index (χ2n) is 6.47. The number of methoxy groups -OCH3 is 2. The van der Waals surface area contributed by atoms with Gasteiger partial charge in [0.05, 0.1) is 19.4 Å². The first-order chi connectivity index (χ1) is 14.4. The van der Waals surface area contributed by atoms with Crippen molar-refractivity contribution in [3.8, 4) is 11.8 Å². The summed E-state index contributed by atoms with van der Waals surface area (Å²) in [5.74, 6) is -0.920. The highest BCUT2D eigenvalue weighted by Gasteiger charge is 2.16. The van der Waals surface area contributed by atoms with Crippen molar-refractivity contribution in [1.82, 2.24) is 4.57 Å². The maximum absolute atomic E-state index is 12.3. The fourth-order valence-electron chi connectivity index (χ4n) is 2.94. The van der Waals surface area contributed by atoms with Gasteiger partial charge in [0, 0.05) is 25.0 Å². The second kappa shape index (κ2) is 10.8. The first kappa shape index (κ1) is 22.7. The first-order valence-corrected chi connectivity index (χ1v) is 9.28. The highest BCUT2D eigenvalue weighted by Crippen LogP contribution is 2.23. The van der Waals surface area contributed by atoms with Crippen LogP contribution in [0.3, 0.4) is 0 Å². The number of hydrogen-bond acceptors (Lipinski definition) is 6. The molecule has 30 heavy (non-hydrogen) atoms. The molecule has 8 nitrogen and oxygen atoms in total. The van der Waals surface area contributed by atoms with Gasteiger partial charge in [-0.25, -0.2) is 4.79 Å². The number of aromatic nitrogens is 1. The number of hydrogen-bond donors (Lipinski definition) is 1. The Balaban J connectivity index is 2.05. The third kappa shape index (κ3) is 5.72. The third-order valence-electron chi connectivity index (χ3n) is 4.49. The molecule has 0 aliphatic heterocycles. The van der Waals surface area contributed by atoms with Gasteiger partial charge in [0.15, 0.2) is 6.61 Å². The summed E-state index contributed by atoms with van der Waals surface area (Å²) in [5, 5.41) is 12.0. The van der Waals surface area contributed by atoms with Crippen molar-refractivity contribution >= 4 is 23.6 Å². The van der Waals surface area contributed by atoms with Crippen molar-refractivity contribution in [2.24, 2.45) is 0 Å². The summed E-state index contributed by atoms with van der Waals surface area (Å²) in [5.41, 5.74) is 2.89. The first-order valence-electron chi connectivity index (χ1n) is 9.28. The van der Waals surface area contributed by atoms with Crippen LogP contribution < -0.4 is 10.1 Å². The predicted molar refractivity (Wildman–Crippen MR) is 112 cm³/mol. The number of nitrogens with zero attached hydrogens (tertiary/aromatic N) is 2. The molecule has 0 aliphatic carbocycles. The lowest BCUT2D eigenvalue weighted by atomic mass is 10.1. The summed E-state index contributed by atoms with van der Waals surface area (Å²) in [6.45, 7) is 4.52. The molecule has 0 aliphatic rings. The molecule has 158 valence electrons. The molecule has 0 saturated carbocycles. The molecule has 1 aromatic heterocycles. The minimum absolute atomic E-state index is 0.188. The molecule has 0 unspecified atom stereocenters. The molecule has 2 rings (SSSR count). The van der Waals surface area contributed by atoms with E-state index < -0.39 is 18.5 Å². The van der Waals surface area contributed by atoms with E-state index in [4.69, 9.17) is 14.2 Å². The van der Waals surface area contributed by atoms with Gasteiger partial charge in [-0.1, -0.05) is 12.1 Å². The molecule has 2 aromatic rings. The lowest BCUT2D eigenvalue weighted by molar-refractivity contribution is -0.142. The van der Waals surface area contributed by atoms with Crippen LogP contribution in [0.1, 0.15) is 17.0 Å². The number of carbonyl (C=O) groups excluding carboxylic acids is 2. The number of nitriles is 1. The fraction of sp³-hybridized carbons (Fsp3) is 0.318. The van der Waals surface area contributed by atoms with Crippen molar-refractivity contribution in [2.45, 2.75) is 20.4 Å². The zero-order valence-corrected chi connectivity index (χ0v) is 17.5. The fourth-order valence-corrected chi connectivity index (χ4v) is 2.94. The number of para-hydroxylation sites is 2. The molecule has 0 atom stereocenters. The number of anilines is 1. The Bertz CT molecular complexity index is 985. The quantitative estimate of drug-likeness (QED) is 0.387. The largest absolute Gasteiger partial charge is 0.495 e. The third-order valence-corrected chi connectivity index (χ3v) is 4.49. The average molecular weight is 411 g/mol. The van der Waals surface area contributed by atoms with Gasteiger partial charge in [0.2, 0.25) is 0 Å². The molecule has 0 fully saturated rings. The molecule has 1 heterocycles. The van der Waals surface area contributed by atoms with Gasteiger partial charge in [-0.05, 0) is 43.7 Å². The summed E-state index contributed by atoms with van der Waals surface area (Å²) in [6.07, 6.45) is 1.46. The molecule has 0 bridgehead atoms. The van der Waals surface area contributed by atoms with E-state index in [-0.39, 0.29) is 5.57 Å². The molecule has 0 spiro atoms. The lowest BCUT2D eigenvalue weighted by Gasteiger charge is -2.10. The number of nitrogens with one attached hydrogen (secondary N) is 1. The molecule has 1 N–H and O–H groups in total. The van der Waals surface area contributed by atoms with E-state index in [2.05, 4.69) is 5.32 Å². The Kier molecular flexibility index (Phi) is 8.20. The zero-order valence-electron chi connectivity index (χ0n) is 17.5. The van der Waals surface area contributed by atoms with Gasteiger partial charge in [0.1, 0.15) is 17.4 Å². The van der Waals surface area contributed by atoms with Crippen molar-refractivity contribution in [3.63, 3.8) is 0 Å². The van der Waals surface area contributed by atoms with Crippen molar-refractivity contribution in [2.75, 3.05) is 32.8 Å². The van der Waals surface area contributed by atoms with Crippen LogP contribution in [-0.2, 0) is 25.6 Å². The van der Waals surface area contributed by atoms with Crippen LogP contribution in [0, 0.1) is 25.2 Å². The van der Waals surface area contributed by atoms with Gasteiger partial charge in [-0.15, -0.1) is 0 Å². The maximum atomic E-state index is 12.3. The van der Waals surface area contributed by atoms with Gasteiger partial charge < -0.3 is 24.1 Å². The van der Waals surface area contributed by atoms with Crippen LogP contribution in [0.4, 0.5) is 5.69 Å². The molecule has 0 saturated heterocycles. The monoisotopic (exact) mass is 411 g/mol. The molecular weight excluding hydrogens is 386 g/mol. The van der Waals surface area contributed by atoms with E-state index >= 15 is 0 Å². The second-order valence-corrected chi connectivity index (χ2v) is 6.47. The van der Waals surface area contributed by atoms with Crippen molar-refractivity contribution < 1.29 is 23.8 Å². The average Bonchev–Trinajstić information content (AvgIpc) is 3.01. The van der Waals surface area contributed by atoms with Crippen LogP contribution in [0.25, 0.3) is 6.08 Å². The van der Waals surface area contributed by atoms with Gasteiger partial charge in [0.25, 0.3) is 5.91 Å². The maximum Gasteiger partial charge on any atom is 0.349 e. The van der Waals surface area contributed by atoms with Gasteiger partial charge in [-0.2, -0.15) is 5.26 Å². The Labute approximate surface area is 175 Å². The van der Waals surface area contributed by atoms with Gasteiger partial charge >= 0.3 is 5.97 Å². The Morgan fingerprint density at radius 1 is 1.23 bits per heavy atom. The smallest absolute Gasteiger partial charge is 0.349 e. The summed E-state index contributed by atoms with van der Waals surface area (Å²) in [4.78, 5) is 24.4. The highest BCUT2D eigenvalue weighted by atomic mass is 16.5. The standard InChI is InChI=1S/C22H25N3O5/c1-15-11-17(16(2)25(15)9-10-28-3)12-18(13-23)22(27)30-14-21(26)24-19-7-5-6-8-20(19)29-4/h5-8,11-12H,9-10,14H2,1-4H3,(H,24,26)/b18-12+. The van der Waals surface area contributed by atoms with Crippen molar-refractivity contribution in [1.29, 1.82) is 5.26 Å². The molecule has 8 heteroatoms. The number of benzene rings is 1. The Morgan fingerprint density at radius 3 is 2.63 bits per heavy atom. The van der Waals surface area contributed by atoms with E-state index in [1.54, 1.807) is 31.4 Å². The van der Waals surface area contributed by atoms with E-state index in [0.29, 0.717) is 24.6 Å². The summed E-state index contributed by atoms with van der Waals surface area (Å²) >= 11 is 0. The van der Waals surface area contributed by atoms with E-state index in [9.17, 15) is 14.9 Å². The molecular formula is C22H25N3O5. The van der Waals surface area contributed by atoms with Crippen LogP contribution >= 0.6 is 0 Å². The van der Waals surface area contributed by atoms with E-state index in [1.807, 2.05) is 30.6 Å². The van der Waals surface area contributed by atoms with Crippen LogP contribution in [0.15, 0.2) is 35.9 Å². The Hall–Kier alpha value is -3.57. The zero-order chi connectivity index (χ0) is 22.1. The minimum atomic E-state index is -0.866. The van der Waals surface area contributed by atoms with E-state index in [0.717, 1.165) is 17.0 Å². The molecule has 0 radical (unpaired) electrons. The predicted octanol–water partition coefficient (Wildman–Crippen LogP) is 2.85. The Morgan fingerprint density at radius 2 is 1.97 bits per heavy atom. The normalized spacial score (nSPS) is 11.0. The van der Waals surface area contributed by atoms with Crippen molar-refractivity contribution in [3.05, 3.63) is 52.9 Å². The molecule has 1 amide bonds. The van der Waals surface area contributed by atoms with Gasteiger partial charge in [-0.3, -0.25) is 4.79 Å². The summed E-state index contributed by atoms with van der Waals surface area (Å²) in [6, 6.07) is 10.6. The lowest BCUT2D eigenvalue weighted by Crippen LogP contribution is -2.21. The van der Waals surface area contributed by atoms with Crippen LogP contribution in [0.5, 0.6) is 5.75 Å². The summed E-state index contributed by atoms with van der Waals surface area (Å²) < 4.78 is 17.3. The summed E-state index contributed by atoms with van der Waals surface area (Å²) in [7, 11) is 3.12. The number of esters is 1. The van der Waals surface area contributed by atoms with E-state index in [1.165, 1.54) is 13.2 Å².